The summed E-state index contributed by atoms with van der Waals surface area (Å²) >= 11 is 0. The fraction of sp³-hybridized carbons (Fsp3) is 0.222. The minimum atomic E-state index is -1.25. The smallest absolute Gasteiger partial charge is 0.0964 e. The van der Waals surface area contributed by atoms with E-state index in [2.05, 4.69) is 10.3 Å². The van der Waals surface area contributed by atoms with Gasteiger partial charge in [-0.05, 0) is 6.07 Å². The van der Waals surface area contributed by atoms with Gasteiger partial charge in [-0.25, -0.2) is 0 Å². The first-order valence-electron chi connectivity index (χ1n) is 4.00. The molecule has 0 aromatic heterocycles. The molecule has 5 nitrogen and oxygen atoms in total. The Bertz CT molecular complexity index is 361. The van der Waals surface area contributed by atoms with Crippen molar-refractivity contribution in [3.05, 3.63) is 29.8 Å². The molecule has 0 amide bonds. The number of carboxylic acid groups (broad SMARTS) is 1. The molecule has 1 aromatic carbocycles. The summed E-state index contributed by atoms with van der Waals surface area (Å²) < 4.78 is 0. The van der Waals surface area contributed by atoms with Crippen LogP contribution in [-0.4, -0.2) is 25.1 Å². The molecule has 0 heterocycles. The minimum absolute atomic E-state index is 0.0399. The van der Waals surface area contributed by atoms with Crippen molar-refractivity contribution in [3.63, 3.8) is 0 Å². The third-order valence-electron chi connectivity index (χ3n) is 1.46. The van der Waals surface area contributed by atoms with E-state index in [4.69, 9.17) is 0 Å². The second kappa shape index (κ2) is 4.36. The molecule has 0 spiro atoms. The van der Waals surface area contributed by atoms with Gasteiger partial charge in [0.25, 0.3) is 0 Å². The van der Waals surface area contributed by atoms with Crippen LogP contribution < -0.4 is 5.11 Å². The third-order valence-corrected chi connectivity index (χ3v) is 1.46. The van der Waals surface area contributed by atoms with Crippen molar-refractivity contribution in [3.8, 4) is 0 Å². The van der Waals surface area contributed by atoms with Crippen LogP contribution in [0.3, 0.4) is 0 Å². The van der Waals surface area contributed by atoms with E-state index in [1.54, 1.807) is 32.3 Å². The minimum Gasteiger partial charge on any atom is -0.545 e. The molecule has 0 aliphatic rings. The van der Waals surface area contributed by atoms with Crippen LogP contribution in [0, 0.1) is 0 Å². The lowest BCUT2D eigenvalue weighted by Gasteiger charge is -2.06. The van der Waals surface area contributed by atoms with E-state index in [0.29, 0.717) is 5.69 Å². The highest BCUT2D eigenvalue weighted by atomic mass is 16.4. The Labute approximate surface area is 81.7 Å². The highest BCUT2D eigenvalue weighted by Crippen LogP contribution is 2.18. The van der Waals surface area contributed by atoms with Crippen LogP contribution in [-0.2, 0) is 0 Å². The van der Waals surface area contributed by atoms with E-state index in [9.17, 15) is 9.90 Å². The van der Waals surface area contributed by atoms with Gasteiger partial charge in [-0.2, -0.15) is 0 Å². The monoisotopic (exact) mass is 192 g/mol. The fourth-order valence-corrected chi connectivity index (χ4v) is 0.871. The molecule has 0 fully saturated rings. The number of nitrogens with zero attached hydrogens (tertiary/aromatic N) is 3. The van der Waals surface area contributed by atoms with Gasteiger partial charge in [0.1, 0.15) is 0 Å². The average Bonchev–Trinajstić information content (AvgIpc) is 2.15. The van der Waals surface area contributed by atoms with Gasteiger partial charge in [-0.15, -0.1) is 5.11 Å². The number of hydrogen-bond acceptors (Lipinski definition) is 4. The van der Waals surface area contributed by atoms with Crippen LogP contribution in [0.15, 0.2) is 34.6 Å². The van der Waals surface area contributed by atoms with Gasteiger partial charge >= 0.3 is 0 Å². The molecular formula is C9H10N3O2-. The molecule has 14 heavy (non-hydrogen) atoms. The van der Waals surface area contributed by atoms with Crippen LogP contribution in [0.25, 0.3) is 0 Å². The van der Waals surface area contributed by atoms with Gasteiger partial charge in [0, 0.05) is 19.7 Å². The molecule has 0 bridgehead atoms. The van der Waals surface area contributed by atoms with Crippen molar-refractivity contribution >= 4 is 11.7 Å². The molecule has 0 atom stereocenters. The number of carbonyl (C=O) groups is 1. The Morgan fingerprint density at radius 1 is 1.36 bits per heavy atom. The second-order valence-electron chi connectivity index (χ2n) is 2.84. The van der Waals surface area contributed by atoms with E-state index in [1.807, 2.05) is 0 Å². The van der Waals surface area contributed by atoms with Crippen molar-refractivity contribution in [2.45, 2.75) is 0 Å². The lowest BCUT2D eigenvalue weighted by molar-refractivity contribution is -0.254. The highest BCUT2D eigenvalue weighted by molar-refractivity contribution is 5.91. The maximum absolute atomic E-state index is 10.6. The van der Waals surface area contributed by atoms with Crippen molar-refractivity contribution < 1.29 is 9.90 Å². The van der Waals surface area contributed by atoms with Gasteiger partial charge in [0.05, 0.1) is 11.7 Å². The summed E-state index contributed by atoms with van der Waals surface area (Å²) in [6, 6.07) is 6.30. The summed E-state index contributed by atoms with van der Waals surface area (Å²) in [6.45, 7) is 0. The summed E-state index contributed by atoms with van der Waals surface area (Å²) in [7, 11) is 3.40. The average molecular weight is 192 g/mol. The number of carbonyl (C=O) groups excluding carboxylic acids is 1. The lowest BCUT2D eigenvalue weighted by atomic mass is 10.2. The number of benzene rings is 1. The van der Waals surface area contributed by atoms with Gasteiger partial charge < -0.3 is 9.90 Å². The summed E-state index contributed by atoms with van der Waals surface area (Å²) in [6.07, 6.45) is 0. The zero-order valence-electron chi connectivity index (χ0n) is 7.97. The quantitative estimate of drug-likeness (QED) is 0.520. The Balaban J connectivity index is 3.02. The van der Waals surface area contributed by atoms with Gasteiger partial charge in [0.15, 0.2) is 0 Å². The van der Waals surface area contributed by atoms with Gasteiger partial charge in [-0.3, -0.25) is 5.01 Å². The standard InChI is InChI=1S/C9H11N3O2/c1-12(2)11-10-8-6-4-3-5-7(8)9(13)14/h3-6H,1-2H3,(H,13,14)/p-1. The lowest BCUT2D eigenvalue weighted by Crippen LogP contribution is -2.22. The summed E-state index contributed by atoms with van der Waals surface area (Å²) in [5.74, 6) is -1.25. The Morgan fingerprint density at radius 2 is 2.00 bits per heavy atom. The highest BCUT2D eigenvalue weighted by Gasteiger charge is 2.00. The second-order valence-corrected chi connectivity index (χ2v) is 2.84. The van der Waals surface area contributed by atoms with Crippen molar-refractivity contribution in [1.29, 1.82) is 0 Å². The molecule has 0 aliphatic heterocycles. The number of aromatic carboxylic acids is 1. The predicted molar refractivity (Wildman–Crippen MR) is 49.0 cm³/mol. The number of hydrogen-bond donors (Lipinski definition) is 0. The Morgan fingerprint density at radius 3 is 2.57 bits per heavy atom. The topological polar surface area (TPSA) is 68.1 Å². The molecule has 0 unspecified atom stereocenters. The normalized spacial score (nSPS) is 10.4. The van der Waals surface area contributed by atoms with E-state index in [0.717, 1.165) is 0 Å². The molecule has 1 rings (SSSR count). The van der Waals surface area contributed by atoms with E-state index >= 15 is 0 Å². The van der Waals surface area contributed by atoms with Crippen LogP contribution in [0.5, 0.6) is 0 Å². The summed E-state index contributed by atoms with van der Waals surface area (Å²) in [5, 5.41) is 19.6. The third kappa shape index (κ3) is 2.55. The van der Waals surface area contributed by atoms with Crippen LogP contribution in [0.4, 0.5) is 5.69 Å². The van der Waals surface area contributed by atoms with Crippen LogP contribution >= 0.6 is 0 Å². The predicted octanol–water partition coefficient (Wildman–Crippen LogP) is 0.610. The zero-order chi connectivity index (χ0) is 10.6. The molecule has 1 aromatic rings. The Hall–Kier alpha value is -1.91. The van der Waals surface area contributed by atoms with Crippen LogP contribution in [0.2, 0.25) is 0 Å². The van der Waals surface area contributed by atoms with Crippen molar-refractivity contribution in [2.24, 2.45) is 10.3 Å². The SMILES string of the molecule is CN(C)N=Nc1ccccc1C(=O)[O-]. The van der Waals surface area contributed by atoms with E-state index in [-0.39, 0.29) is 5.56 Å². The van der Waals surface area contributed by atoms with E-state index in [1.165, 1.54) is 11.1 Å². The largest absolute Gasteiger partial charge is 0.545 e. The van der Waals surface area contributed by atoms with Gasteiger partial charge in [-0.1, -0.05) is 23.4 Å². The maximum Gasteiger partial charge on any atom is 0.0964 e. The molecule has 74 valence electrons. The Kier molecular flexibility index (Phi) is 3.17. The maximum atomic E-state index is 10.6. The van der Waals surface area contributed by atoms with Crippen molar-refractivity contribution in [2.75, 3.05) is 14.1 Å². The number of carboxylic acids is 1. The molecule has 0 radical (unpaired) electrons. The molecular weight excluding hydrogens is 182 g/mol. The zero-order valence-corrected chi connectivity index (χ0v) is 7.97. The first kappa shape index (κ1) is 10.2. The fourth-order valence-electron chi connectivity index (χ4n) is 0.871. The van der Waals surface area contributed by atoms with Crippen molar-refractivity contribution in [1.82, 2.24) is 5.01 Å². The van der Waals surface area contributed by atoms with Gasteiger partial charge in [0.2, 0.25) is 0 Å². The number of rotatable bonds is 3. The molecule has 0 aliphatic carbocycles. The first-order valence-corrected chi connectivity index (χ1v) is 4.00. The molecule has 5 heteroatoms. The molecule has 0 saturated heterocycles. The van der Waals surface area contributed by atoms with E-state index < -0.39 is 5.97 Å². The summed E-state index contributed by atoms with van der Waals surface area (Å²) in [4.78, 5) is 10.6. The summed E-state index contributed by atoms with van der Waals surface area (Å²) in [5.41, 5.74) is 0.333. The first-order chi connectivity index (χ1) is 6.61. The molecule has 0 saturated carbocycles. The molecule has 0 N–H and O–H groups in total. The van der Waals surface area contributed by atoms with Crippen LogP contribution in [0.1, 0.15) is 10.4 Å².